The van der Waals surface area contributed by atoms with E-state index in [-0.39, 0.29) is 18.6 Å². The molecule has 2 rings (SSSR count). The van der Waals surface area contributed by atoms with Gasteiger partial charge in [-0.2, -0.15) is 8.42 Å². The Hall–Kier alpha value is -1.74. The molecule has 0 N–H and O–H groups in total. The zero-order valence-electron chi connectivity index (χ0n) is 15.1. The SMILES string of the molecule is CC(C)(C)OC(=O)N1CCC(c2nccc(COS(C)(=O)=O)n2)CC1. The number of rotatable bonds is 4. The summed E-state index contributed by atoms with van der Waals surface area (Å²) in [6, 6.07) is 1.63. The third kappa shape index (κ3) is 6.58. The molecule has 1 aliphatic rings. The van der Waals surface area contributed by atoms with E-state index in [1.165, 1.54) is 0 Å². The second kappa shape index (κ2) is 7.65. The number of carbonyl (C=O) groups is 1. The van der Waals surface area contributed by atoms with E-state index >= 15 is 0 Å². The first kappa shape index (κ1) is 19.6. The van der Waals surface area contributed by atoms with Gasteiger partial charge in [-0.25, -0.2) is 14.8 Å². The number of likely N-dealkylation sites (tertiary alicyclic amines) is 1. The molecule has 0 spiro atoms. The van der Waals surface area contributed by atoms with Crippen LogP contribution < -0.4 is 0 Å². The molecule has 9 heteroatoms. The normalized spacial score (nSPS) is 16.7. The van der Waals surface area contributed by atoms with Gasteiger partial charge in [0.2, 0.25) is 0 Å². The van der Waals surface area contributed by atoms with Crippen LogP contribution in [0.2, 0.25) is 0 Å². The van der Waals surface area contributed by atoms with E-state index in [1.807, 2.05) is 20.8 Å². The fourth-order valence-electron chi connectivity index (χ4n) is 2.50. The Labute approximate surface area is 148 Å². The van der Waals surface area contributed by atoms with Crippen molar-refractivity contribution in [3.8, 4) is 0 Å². The van der Waals surface area contributed by atoms with Gasteiger partial charge in [-0.05, 0) is 39.7 Å². The van der Waals surface area contributed by atoms with Gasteiger partial charge in [0.1, 0.15) is 18.0 Å². The van der Waals surface area contributed by atoms with E-state index in [0.29, 0.717) is 24.6 Å². The molecule has 2 heterocycles. The summed E-state index contributed by atoms with van der Waals surface area (Å²) < 4.78 is 32.3. The minimum absolute atomic E-state index is 0.106. The number of hydrogen-bond acceptors (Lipinski definition) is 7. The molecule has 1 aromatic heterocycles. The van der Waals surface area contributed by atoms with Crippen LogP contribution in [0.4, 0.5) is 4.79 Å². The van der Waals surface area contributed by atoms with Crippen molar-refractivity contribution in [1.82, 2.24) is 14.9 Å². The van der Waals surface area contributed by atoms with Crippen molar-refractivity contribution in [1.29, 1.82) is 0 Å². The number of aromatic nitrogens is 2. The number of ether oxygens (including phenoxy) is 1. The highest BCUT2D eigenvalue weighted by Gasteiger charge is 2.28. The molecule has 0 aliphatic carbocycles. The average molecular weight is 371 g/mol. The van der Waals surface area contributed by atoms with E-state index < -0.39 is 15.7 Å². The molecule has 0 aromatic carbocycles. The van der Waals surface area contributed by atoms with Gasteiger partial charge < -0.3 is 9.64 Å². The summed E-state index contributed by atoms with van der Waals surface area (Å²) in [7, 11) is -3.51. The van der Waals surface area contributed by atoms with Crippen molar-refractivity contribution in [2.24, 2.45) is 0 Å². The highest BCUT2D eigenvalue weighted by atomic mass is 32.2. The Bertz CT molecular complexity index is 707. The largest absolute Gasteiger partial charge is 0.444 e. The highest BCUT2D eigenvalue weighted by Crippen LogP contribution is 2.26. The van der Waals surface area contributed by atoms with E-state index in [4.69, 9.17) is 8.92 Å². The van der Waals surface area contributed by atoms with Gasteiger partial charge in [-0.1, -0.05) is 0 Å². The molecule has 0 bridgehead atoms. The van der Waals surface area contributed by atoms with Crippen LogP contribution in [0, 0.1) is 0 Å². The van der Waals surface area contributed by atoms with Gasteiger partial charge in [0.05, 0.1) is 11.9 Å². The van der Waals surface area contributed by atoms with Crippen LogP contribution in [-0.4, -0.2) is 54.3 Å². The summed E-state index contributed by atoms with van der Waals surface area (Å²) in [6.45, 7) is 6.58. The zero-order valence-corrected chi connectivity index (χ0v) is 15.9. The van der Waals surface area contributed by atoms with Gasteiger partial charge >= 0.3 is 6.09 Å². The molecule has 8 nitrogen and oxygen atoms in total. The van der Waals surface area contributed by atoms with Crippen LogP contribution in [-0.2, 0) is 25.6 Å². The lowest BCUT2D eigenvalue weighted by atomic mass is 9.96. The minimum Gasteiger partial charge on any atom is -0.444 e. The smallest absolute Gasteiger partial charge is 0.410 e. The molecule has 1 aromatic rings. The number of carbonyl (C=O) groups excluding carboxylic acids is 1. The highest BCUT2D eigenvalue weighted by molar-refractivity contribution is 7.85. The van der Waals surface area contributed by atoms with Crippen molar-refractivity contribution in [3.05, 3.63) is 23.8 Å². The molecule has 1 saturated heterocycles. The van der Waals surface area contributed by atoms with Crippen LogP contribution in [0.1, 0.15) is 51.0 Å². The molecule has 140 valence electrons. The molecule has 0 atom stereocenters. The predicted octanol–water partition coefficient (Wildman–Crippen LogP) is 2.07. The third-order valence-electron chi connectivity index (χ3n) is 3.66. The number of piperidine rings is 1. The van der Waals surface area contributed by atoms with Crippen LogP contribution in [0.5, 0.6) is 0 Å². The van der Waals surface area contributed by atoms with E-state index in [1.54, 1.807) is 17.2 Å². The Morgan fingerprint density at radius 2 is 1.96 bits per heavy atom. The number of amides is 1. The standard InChI is InChI=1S/C16H25N3O5S/c1-16(2,3)24-15(20)19-9-6-12(7-10-19)14-17-8-5-13(18-14)11-23-25(4,21)22/h5,8,12H,6-7,9-11H2,1-4H3. The Kier molecular flexibility index (Phi) is 5.99. The van der Waals surface area contributed by atoms with Crippen LogP contribution >= 0.6 is 0 Å². The van der Waals surface area contributed by atoms with E-state index in [2.05, 4.69) is 9.97 Å². The fraction of sp³-hybridized carbons (Fsp3) is 0.688. The van der Waals surface area contributed by atoms with Crippen LogP contribution in [0.15, 0.2) is 12.3 Å². The van der Waals surface area contributed by atoms with Gasteiger partial charge in [0.25, 0.3) is 10.1 Å². The molecule has 0 unspecified atom stereocenters. The summed E-state index contributed by atoms with van der Waals surface area (Å²) in [5.41, 5.74) is 0.00958. The first-order valence-corrected chi connectivity index (χ1v) is 9.99. The predicted molar refractivity (Wildman–Crippen MR) is 91.4 cm³/mol. The maximum Gasteiger partial charge on any atom is 0.410 e. The lowest BCUT2D eigenvalue weighted by molar-refractivity contribution is 0.0203. The third-order valence-corrected chi connectivity index (χ3v) is 4.21. The summed E-state index contributed by atoms with van der Waals surface area (Å²) in [5, 5.41) is 0. The van der Waals surface area contributed by atoms with Crippen molar-refractivity contribution in [2.45, 2.75) is 51.7 Å². The molecule has 25 heavy (non-hydrogen) atoms. The van der Waals surface area contributed by atoms with Gasteiger partial charge in [-0.15, -0.1) is 0 Å². The van der Waals surface area contributed by atoms with Crippen LogP contribution in [0.25, 0.3) is 0 Å². The van der Waals surface area contributed by atoms with E-state index in [9.17, 15) is 13.2 Å². The summed E-state index contributed by atoms with van der Waals surface area (Å²) in [6.07, 6.45) is 3.76. The second-order valence-electron chi connectivity index (χ2n) is 7.11. The summed E-state index contributed by atoms with van der Waals surface area (Å²) in [5.74, 6) is 0.773. The molecule has 0 radical (unpaired) electrons. The van der Waals surface area contributed by atoms with Crippen molar-refractivity contribution in [3.63, 3.8) is 0 Å². The van der Waals surface area contributed by atoms with Gasteiger partial charge in [0, 0.05) is 25.2 Å². The Balaban J connectivity index is 1.93. The zero-order chi connectivity index (χ0) is 18.7. The second-order valence-corrected chi connectivity index (χ2v) is 8.76. The first-order valence-electron chi connectivity index (χ1n) is 8.18. The summed E-state index contributed by atoms with van der Waals surface area (Å²) >= 11 is 0. The van der Waals surface area contributed by atoms with Crippen molar-refractivity contribution >= 4 is 16.2 Å². The molecular weight excluding hydrogens is 346 g/mol. The lowest BCUT2D eigenvalue weighted by Crippen LogP contribution is -2.41. The first-order chi connectivity index (χ1) is 11.5. The van der Waals surface area contributed by atoms with E-state index in [0.717, 1.165) is 19.1 Å². The molecule has 1 aliphatic heterocycles. The molecular formula is C16H25N3O5S. The van der Waals surface area contributed by atoms with Crippen molar-refractivity contribution in [2.75, 3.05) is 19.3 Å². The number of hydrogen-bond donors (Lipinski definition) is 0. The lowest BCUT2D eigenvalue weighted by Gasteiger charge is -2.32. The topological polar surface area (TPSA) is 98.7 Å². The van der Waals surface area contributed by atoms with Crippen molar-refractivity contribution < 1.29 is 22.1 Å². The van der Waals surface area contributed by atoms with Crippen LogP contribution in [0.3, 0.4) is 0 Å². The summed E-state index contributed by atoms with van der Waals surface area (Å²) in [4.78, 5) is 22.5. The Morgan fingerprint density at radius 1 is 1.32 bits per heavy atom. The van der Waals surface area contributed by atoms with Gasteiger partial charge in [0.15, 0.2) is 0 Å². The maximum absolute atomic E-state index is 12.1. The maximum atomic E-state index is 12.1. The fourth-order valence-corrected chi connectivity index (χ4v) is 2.84. The molecule has 1 amide bonds. The average Bonchev–Trinajstić information content (AvgIpc) is 2.51. The monoisotopic (exact) mass is 371 g/mol. The quantitative estimate of drug-likeness (QED) is 0.747. The number of nitrogens with zero attached hydrogens (tertiary/aromatic N) is 3. The molecule has 0 saturated carbocycles. The Morgan fingerprint density at radius 3 is 2.52 bits per heavy atom. The molecule has 1 fully saturated rings. The van der Waals surface area contributed by atoms with Gasteiger partial charge in [-0.3, -0.25) is 4.18 Å². The minimum atomic E-state index is -3.51.